The van der Waals surface area contributed by atoms with Crippen LogP contribution in [0.5, 0.6) is 0 Å². The molecule has 0 fully saturated rings. The predicted octanol–water partition coefficient (Wildman–Crippen LogP) is 4.04. The molecular weight excluding hydrogens is 273 g/mol. The normalized spacial score (nSPS) is 10.7. The zero-order valence-electron chi connectivity index (χ0n) is 10.8. The molecule has 0 radical (unpaired) electrons. The number of pyridine rings is 1. The maximum atomic E-state index is 13.1. The SMILES string of the molecule is Cc1[nH]c(=S)n(-c2cccnc2)c1-c1ccc(F)cc1. The molecule has 2 aromatic heterocycles. The number of hydrogen-bond donors (Lipinski definition) is 1. The second-order valence-corrected chi connectivity index (χ2v) is 4.84. The van der Waals surface area contributed by atoms with Crippen molar-refractivity contribution < 1.29 is 4.39 Å². The van der Waals surface area contributed by atoms with Gasteiger partial charge in [-0.05, 0) is 55.5 Å². The van der Waals surface area contributed by atoms with Crippen LogP contribution < -0.4 is 0 Å². The molecule has 3 aromatic rings. The first-order chi connectivity index (χ1) is 9.66. The van der Waals surface area contributed by atoms with E-state index >= 15 is 0 Å². The summed E-state index contributed by atoms with van der Waals surface area (Å²) in [5.41, 5.74) is 3.63. The summed E-state index contributed by atoms with van der Waals surface area (Å²) >= 11 is 5.37. The van der Waals surface area contributed by atoms with Gasteiger partial charge in [-0.3, -0.25) is 9.55 Å². The Labute approximate surface area is 120 Å². The van der Waals surface area contributed by atoms with E-state index in [9.17, 15) is 4.39 Å². The van der Waals surface area contributed by atoms with Gasteiger partial charge in [-0.25, -0.2) is 4.39 Å². The summed E-state index contributed by atoms with van der Waals surface area (Å²) in [4.78, 5) is 7.26. The molecule has 0 atom stereocenters. The summed E-state index contributed by atoms with van der Waals surface area (Å²) in [6.07, 6.45) is 3.46. The van der Waals surface area contributed by atoms with Gasteiger partial charge in [-0.1, -0.05) is 0 Å². The minimum atomic E-state index is -0.256. The van der Waals surface area contributed by atoms with Crippen molar-refractivity contribution in [3.8, 4) is 16.9 Å². The van der Waals surface area contributed by atoms with Crippen LogP contribution in [0.15, 0.2) is 48.8 Å². The fourth-order valence-corrected chi connectivity index (χ4v) is 2.58. The van der Waals surface area contributed by atoms with Gasteiger partial charge in [0.1, 0.15) is 5.82 Å². The number of halogens is 1. The van der Waals surface area contributed by atoms with Crippen LogP contribution in [-0.4, -0.2) is 14.5 Å². The summed E-state index contributed by atoms with van der Waals surface area (Å²) in [6, 6.07) is 10.2. The van der Waals surface area contributed by atoms with E-state index in [2.05, 4.69) is 9.97 Å². The van der Waals surface area contributed by atoms with Crippen LogP contribution in [0.2, 0.25) is 0 Å². The largest absolute Gasteiger partial charge is 0.334 e. The molecule has 0 saturated heterocycles. The first-order valence-corrected chi connectivity index (χ1v) is 6.55. The second kappa shape index (κ2) is 5.02. The van der Waals surface area contributed by atoms with E-state index in [0.29, 0.717) is 4.77 Å². The molecule has 0 aliphatic carbocycles. The number of aromatic nitrogens is 3. The van der Waals surface area contributed by atoms with Gasteiger partial charge in [0.25, 0.3) is 0 Å². The average molecular weight is 285 g/mol. The van der Waals surface area contributed by atoms with Crippen molar-refractivity contribution in [1.29, 1.82) is 0 Å². The monoisotopic (exact) mass is 285 g/mol. The molecule has 5 heteroatoms. The Balaban J connectivity index is 2.26. The molecule has 1 N–H and O–H groups in total. The number of H-pyrrole nitrogens is 1. The molecule has 0 aliphatic rings. The van der Waals surface area contributed by atoms with Gasteiger partial charge >= 0.3 is 0 Å². The third kappa shape index (κ3) is 2.16. The minimum absolute atomic E-state index is 0.256. The summed E-state index contributed by atoms with van der Waals surface area (Å²) in [5.74, 6) is -0.256. The summed E-state index contributed by atoms with van der Waals surface area (Å²) in [7, 11) is 0. The molecule has 2 heterocycles. The number of benzene rings is 1. The molecule has 0 aliphatic heterocycles. The third-order valence-corrected chi connectivity index (χ3v) is 3.38. The summed E-state index contributed by atoms with van der Waals surface area (Å²) < 4.78 is 15.6. The molecule has 3 nitrogen and oxygen atoms in total. The van der Waals surface area contributed by atoms with Gasteiger partial charge in [0.05, 0.1) is 17.6 Å². The van der Waals surface area contributed by atoms with Gasteiger partial charge in [0.2, 0.25) is 0 Å². The number of nitrogens with one attached hydrogen (secondary N) is 1. The molecule has 100 valence electrons. The predicted molar refractivity (Wildman–Crippen MR) is 78.9 cm³/mol. The lowest BCUT2D eigenvalue weighted by molar-refractivity contribution is 0.628. The topological polar surface area (TPSA) is 33.6 Å². The molecular formula is C15H12FN3S. The molecule has 0 saturated carbocycles. The van der Waals surface area contributed by atoms with Gasteiger partial charge in [-0.2, -0.15) is 0 Å². The third-order valence-electron chi connectivity index (χ3n) is 3.10. The Kier molecular flexibility index (Phi) is 3.20. The number of nitrogens with zero attached hydrogens (tertiary/aromatic N) is 2. The molecule has 0 amide bonds. The Morgan fingerprint density at radius 3 is 2.60 bits per heavy atom. The van der Waals surface area contributed by atoms with E-state index in [4.69, 9.17) is 12.2 Å². The Morgan fingerprint density at radius 1 is 1.20 bits per heavy atom. The van der Waals surface area contributed by atoms with Gasteiger partial charge in [0.15, 0.2) is 4.77 Å². The van der Waals surface area contributed by atoms with Crippen molar-refractivity contribution in [3.05, 3.63) is 65.1 Å². The number of imidazole rings is 1. The maximum Gasteiger partial charge on any atom is 0.182 e. The quantitative estimate of drug-likeness (QED) is 0.721. The first-order valence-electron chi connectivity index (χ1n) is 6.15. The van der Waals surface area contributed by atoms with Crippen LogP contribution in [0.3, 0.4) is 0 Å². The standard InChI is InChI=1S/C15H12FN3S/c1-10-14(11-4-6-12(16)7-5-11)19(15(20)18-10)13-3-2-8-17-9-13/h2-9H,1H3,(H,18,20). The zero-order chi connectivity index (χ0) is 14.1. The summed E-state index contributed by atoms with van der Waals surface area (Å²) in [5, 5.41) is 0. The van der Waals surface area contributed by atoms with E-state index in [1.165, 1.54) is 12.1 Å². The van der Waals surface area contributed by atoms with Gasteiger partial charge < -0.3 is 4.98 Å². The molecule has 0 spiro atoms. The van der Waals surface area contributed by atoms with E-state index in [1.54, 1.807) is 24.5 Å². The number of aromatic amines is 1. The van der Waals surface area contributed by atoms with E-state index in [0.717, 1.165) is 22.6 Å². The highest BCUT2D eigenvalue weighted by molar-refractivity contribution is 7.71. The Hall–Kier alpha value is -2.27. The van der Waals surface area contributed by atoms with Crippen LogP contribution in [0.1, 0.15) is 5.69 Å². The van der Waals surface area contributed by atoms with Crippen molar-refractivity contribution in [2.24, 2.45) is 0 Å². The highest BCUT2D eigenvalue weighted by atomic mass is 32.1. The van der Waals surface area contributed by atoms with Gasteiger partial charge in [0, 0.05) is 17.5 Å². The van der Waals surface area contributed by atoms with E-state index < -0.39 is 0 Å². The van der Waals surface area contributed by atoms with Crippen LogP contribution in [0, 0.1) is 17.5 Å². The van der Waals surface area contributed by atoms with Crippen molar-refractivity contribution in [2.45, 2.75) is 6.92 Å². The Bertz CT molecular complexity index is 788. The Morgan fingerprint density at radius 2 is 1.95 bits per heavy atom. The van der Waals surface area contributed by atoms with Gasteiger partial charge in [-0.15, -0.1) is 0 Å². The summed E-state index contributed by atoms with van der Waals surface area (Å²) in [6.45, 7) is 1.95. The lowest BCUT2D eigenvalue weighted by Crippen LogP contribution is -1.98. The van der Waals surface area contributed by atoms with Crippen molar-refractivity contribution in [1.82, 2.24) is 14.5 Å². The zero-order valence-corrected chi connectivity index (χ0v) is 11.6. The smallest absolute Gasteiger partial charge is 0.182 e. The minimum Gasteiger partial charge on any atom is -0.334 e. The van der Waals surface area contributed by atoms with Crippen LogP contribution in [0.25, 0.3) is 16.9 Å². The maximum absolute atomic E-state index is 13.1. The molecule has 1 aromatic carbocycles. The number of hydrogen-bond acceptors (Lipinski definition) is 2. The van der Waals surface area contributed by atoms with Crippen LogP contribution in [-0.2, 0) is 0 Å². The second-order valence-electron chi connectivity index (χ2n) is 4.46. The number of rotatable bonds is 2. The lowest BCUT2D eigenvalue weighted by atomic mass is 10.1. The molecule has 0 unspecified atom stereocenters. The van der Waals surface area contributed by atoms with E-state index in [1.807, 2.05) is 23.6 Å². The number of aryl methyl sites for hydroxylation is 1. The first kappa shape index (κ1) is 12.7. The molecule has 0 bridgehead atoms. The van der Waals surface area contributed by atoms with Crippen molar-refractivity contribution in [3.63, 3.8) is 0 Å². The van der Waals surface area contributed by atoms with Crippen molar-refractivity contribution in [2.75, 3.05) is 0 Å². The average Bonchev–Trinajstić information content (AvgIpc) is 2.75. The molecule has 3 rings (SSSR count). The van der Waals surface area contributed by atoms with E-state index in [-0.39, 0.29) is 5.82 Å². The van der Waals surface area contributed by atoms with Crippen LogP contribution in [0.4, 0.5) is 4.39 Å². The fourth-order valence-electron chi connectivity index (χ4n) is 2.23. The lowest BCUT2D eigenvalue weighted by Gasteiger charge is -2.09. The highest BCUT2D eigenvalue weighted by Gasteiger charge is 2.12. The van der Waals surface area contributed by atoms with Crippen molar-refractivity contribution >= 4 is 12.2 Å². The molecule has 20 heavy (non-hydrogen) atoms. The fraction of sp³-hybridized carbons (Fsp3) is 0.0667. The highest BCUT2D eigenvalue weighted by Crippen LogP contribution is 2.26. The van der Waals surface area contributed by atoms with Crippen LogP contribution >= 0.6 is 12.2 Å².